The summed E-state index contributed by atoms with van der Waals surface area (Å²) in [5, 5.41) is 22.9. The van der Waals surface area contributed by atoms with E-state index in [1.54, 1.807) is 12.1 Å². The van der Waals surface area contributed by atoms with Gasteiger partial charge < -0.3 is 20.4 Å². The molecule has 0 saturated carbocycles. The average molecular weight is 326 g/mol. The number of piperidine rings is 3. The molecule has 0 unspecified atom stereocenters. The van der Waals surface area contributed by atoms with E-state index < -0.39 is 0 Å². The van der Waals surface area contributed by atoms with Crippen LogP contribution >= 0.6 is 0 Å². The molecule has 2 aromatic rings. The van der Waals surface area contributed by atoms with E-state index in [2.05, 4.69) is 10.2 Å². The molecule has 1 aliphatic carbocycles. The van der Waals surface area contributed by atoms with Gasteiger partial charge in [-0.15, -0.1) is 0 Å². The predicted molar refractivity (Wildman–Crippen MR) is 95.1 cm³/mol. The van der Waals surface area contributed by atoms with Crippen LogP contribution in [0.1, 0.15) is 36.9 Å². The van der Waals surface area contributed by atoms with Gasteiger partial charge in [-0.2, -0.15) is 0 Å². The van der Waals surface area contributed by atoms with Gasteiger partial charge in [-0.1, -0.05) is 0 Å². The van der Waals surface area contributed by atoms with Gasteiger partial charge in [0, 0.05) is 48.0 Å². The molecule has 4 heterocycles. The third-order valence-electron chi connectivity index (χ3n) is 6.24. The molecular weight excluding hydrogens is 302 g/mol. The highest BCUT2D eigenvalue weighted by Crippen LogP contribution is 2.42. The molecule has 4 aliphatic rings. The van der Waals surface area contributed by atoms with Gasteiger partial charge in [0.15, 0.2) is 0 Å². The van der Waals surface area contributed by atoms with E-state index >= 15 is 0 Å². The summed E-state index contributed by atoms with van der Waals surface area (Å²) < 4.78 is 0. The molecule has 24 heavy (non-hydrogen) atoms. The molecule has 1 aromatic heterocycles. The van der Waals surface area contributed by atoms with Crippen LogP contribution in [-0.4, -0.2) is 45.3 Å². The lowest BCUT2D eigenvalue weighted by atomic mass is 9.79. The maximum Gasteiger partial charge on any atom is 0.298 e. The molecule has 0 spiro atoms. The van der Waals surface area contributed by atoms with Gasteiger partial charge in [0.05, 0.1) is 11.6 Å². The van der Waals surface area contributed by atoms with Crippen LogP contribution < -0.4 is 5.32 Å². The Hall–Kier alpha value is -2.01. The number of anilines is 1. The summed E-state index contributed by atoms with van der Waals surface area (Å²) in [5.74, 6) is 0.198. The largest absolute Gasteiger partial charge is 0.591 e. The average Bonchev–Trinajstić information content (AvgIpc) is 3.06. The van der Waals surface area contributed by atoms with Crippen LogP contribution in [0.4, 0.5) is 5.69 Å². The lowest BCUT2D eigenvalue weighted by Crippen LogP contribution is -2.56. The van der Waals surface area contributed by atoms with E-state index in [-0.39, 0.29) is 17.0 Å². The first-order chi connectivity index (χ1) is 11.6. The molecule has 2 bridgehead atoms. The fourth-order valence-corrected chi connectivity index (χ4v) is 4.72. The van der Waals surface area contributed by atoms with Crippen molar-refractivity contribution in [2.75, 3.05) is 25.0 Å². The van der Waals surface area contributed by atoms with Crippen molar-refractivity contribution in [2.24, 2.45) is 0 Å². The molecule has 0 radical (unpaired) electrons. The quantitative estimate of drug-likeness (QED) is 0.832. The summed E-state index contributed by atoms with van der Waals surface area (Å²) >= 11 is 0. The van der Waals surface area contributed by atoms with Crippen LogP contribution in [0, 0.1) is 0 Å². The van der Waals surface area contributed by atoms with Gasteiger partial charge in [-0.3, -0.25) is 4.98 Å². The van der Waals surface area contributed by atoms with Crippen molar-refractivity contribution in [2.45, 2.75) is 44.1 Å². The normalized spacial score (nSPS) is 28.2. The van der Waals surface area contributed by atoms with E-state index in [1.807, 2.05) is 0 Å². The zero-order valence-corrected chi connectivity index (χ0v) is 13.9. The molecule has 0 atom stereocenters. The molecule has 6 rings (SSSR count). The summed E-state index contributed by atoms with van der Waals surface area (Å²) in [6.45, 7) is 3.54. The number of nitrogens with one attached hydrogen (secondary N) is 1. The lowest BCUT2D eigenvalue weighted by Gasteiger charge is -2.49. The topological polar surface area (TPSA) is 71.3 Å². The van der Waals surface area contributed by atoms with E-state index in [1.165, 1.54) is 55.8 Å². The second kappa shape index (κ2) is 4.99. The van der Waals surface area contributed by atoms with E-state index in [9.17, 15) is 5.11 Å². The van der Waals surface area contributed by atoms with Crippen molar-refractivity contribution in [1.82, 2.24) is 9.88 Å². The highest BCUT2D eigenvalue weighted by molar-refractivity contribution is 5.96. The standard InChI is InChI=1S/C19H23N3O2/c23-16-10-13-15(11-17(16)24)20-14-3-1-2-12(14)18(13)21-19-4-7-22(8-5-19)9-6-19/h10-11,23-24H,1-9H2,(H,20,21)/p+1. The van der Waals surface area contributed by atoms with E-state index in [4.69, 9.17) is 10.1 Å². The maximum absolute atomic E-state index is 10.1. The van der Waals surface area contributed by atoms with Crippen LogP contribution in [0.3, 0.4) is 0 Å². The smallest absolute Gasteiger partial charge is 0.298 e. The number of aromatic nitrogens is 1. The molecule has 4 N–H and O–H groups in total. The maximum atomic E-state index is 10.1. The fraction of sp³-hybridized carbons (Fsp3) is 0.526. The first-order valence-electron chi connectivity index (χ1n) is 9.04. The minimum Gasteiger partial charge on any atom is -0.591 e. The zero-order chi connectivity index (χ0) is 16.3. The van der Waals surface area contributed by atoms with Crippen molar-refractivity contribution in [3.63, 3.8) is 0 Å². The molecule has 5 heteroatoms. The van der Waals surface area contributed by atoms with Crippen molar-refractivity contribution < 1.29 is 10.2 Å². The van der Waals surface area contributed by atoms with Gasteiger partial charge in [0.25, 0.3) is 5.75 Å². The number of hydrogen-bond donors (Lipinski definition) is 2. The number of nitrogens with zero attached hydrogens (tertiary/aromatic N) is 2. The molecule has 3 aliphatic heterocycles. The molecule has 3 fully saturated rings. The summed E-state index contributed by atoms with van der Waals surface area (Å²) in [6.07, 6.45) is 6.80. The molecule has 5 nitrogen and oxygen atoms in total. The van der Waals surface area contributed by atoms with Crippen LogP contribution in [0.2, 0.25) is 0 Å². The first kappa shape index (κ1) is 14.3. The summed E-state index contributed by atoms with van der Waals surface area (Å²) in [5.41, 5.74) is 4.72. The Morgan fingerprint density at radius 1 is 1.12 bits per heavy atom. The van der Waals surface area contributed by atoms with Gasteiger partial charge in [0.2, 0.25) is 5.75 Å². The highest BCUT2D eigenvalue weighted by Gasteiger charge is 2.40. The summed E-state index contributed by atoms with van der Waals surface area (Å²) in [7, 11) is 0. The van der Waals surface area contributed by atoms with Crippen LogP contribution in [0.5, 0.6) is 11.5 Å². The minimum atomic E-state index is 0.0428. The van der Waals surface area contributed by atoms with Gasteiger partial charge in [0.1, 0.15) is 0 Å². The minimum absolute atomic E-state index is 0.0428. The van der Waals surface area contributed by atoms with E-state index in [0.717, 1.165) is 30.2 Å². The number of benzene rings is 1. The summed E-state index contributed by atoms with van der Waals surface area (Å²) in [4.78, 5) is 7.34. The Labute approximate surface area is 141 Å². The van der Waals surface area contributed by atoms with Crippen molar-refractivity contribution in [3.8, 4) is 11.5 Å². The lowest BCUT2D eigenvalue weighted by molar-refractivity contribution is 0.0992. The first-order valence-corrected chi connectivity index (χ1v) is 9.04. The number of hydrogen-bond acceptors (Lipinski definition) is 4. The Bertz CT molecular complexity index is 811. The highest BCUT2D eigenvalue weighted by atomic mass is 16.3. The van der Waals surface area contributed by atoms with Crippen LogP contribution in [0.15, 0.2) is 12.1 Å². The number of aryl methyl sites for hydroxylation is 1. The zero-order valence-electron chi connectivity index (χ0n) is 13.9. The van der Waals surface area contributed by atoms with Crippen LogP contribution in [0.25, 0.3) is 10.9 Å². The van der Waals surface area contributed by atoms with Crippen molar-refractivity contribution in [3.05, 3.63) is 23.4 Å². The Morgan fingerprint density at radius 3 is 2.62 bits per heavy atom. The number of phenolic OH excluding ortho intramolecular Hbond substituents is 1. The monoisotopic (exact) mass is 326 g/mol. The van der Waals surface area contributed by atoms with E-state index in [0.29, 0.717) is 0 Å². The molecule has 126 valence electrons. The third-order valence-corrected chi connectivity index (χ3v) is 6.24. The molecule has 3 saturated heterocycles. The Morgan fingerprint density at radius 2 is 1.88 bits per heavy atom. The fourth-order valence-electron chi connectivity index (χ4n) is 4.72. The number of aromatic hydroxyl groups is 1. The number of rotatable bonds is 2. The Balaban J connectivity index is 1.67. The van der Waals surface area contributed by atoms with Gasteiger partial charge >= 0.3 is 0 Å². The van der Waals surface area contributed by atoms with Crippen LogP contribution in [-0.2, 0) is 12.8 Å². The molecular formula is C19H24N3O2+. The summed E-state index contributed by atoms with van der Waals surface area (Å²) in [6, 6.07) is 3.44. The van der Waals surface area contributed by atoms with Crippen molar-refractivity contribution in [1.29, 1.82) is 0 Å². The number of phenols is 1. The SMILES string of the molecule is Oc1cc2c(NC34CCN(CC3)CC4)c3c(nc2cc1[OH2+])CCC3. The number of fused-ring (bicyclic) bond motifs is 5. The number of pyridine rings is 1. The van der Waals surface area contributed by atoms with Crippen molar-refractivity contribution >= 4 is 16.6 Å². The molecule has 1 aromatic carbocycles. The second-order valence-electron chi connectivity index (χ2n) is 7.65. The van der Waals surface area contributed by atoms with Gasteiger partial charge in [-0.25, -0.2) is 0 Å². The molecule has 0 amide bonds. The predicted octanol–water partition coefficient (Wildman–Crippen LogP) is 2.52. The van der Waals surface area contributed by atoms with Gasteiger partial charge in [-0.05, 0) is 44.1 Å². The Kier molecular flexibility index (Phi) is 2.98. The second-order valence-corrected chi connectivity index (χ2v) is 7.65. The third kappa shape index (κ3) is 2.07.